The van der Waals surface area contributed by atoms with Gasteiger partial charge < -0.3 is 4.90 Å². The predicted molar refractivity (Wildman–Crippen MR) is 88.3 cm³/mol. The van der Waals surface area contributed by atoms with Gasteiger partial charge in [-0.2, -0.15) is 5.26 Å². The van der Waals surface area contributed by atoms with Crippen molar-refractivity contribution in [1.82, 2.24) is 4.98 Å². The molecule has 1 aliphatic rings. The van der Waals surface area contributed by atoms with Crippen LogP contribution >= 0.6 is 11.3 Å². The number of nitriles is 1. The molecule has 1 fully saturated rings. The van der Waals surface area contributed by atoms with Gasteiger partial charge in [0.25, 0.3) is 0 Å². The van der Waals surface area contributed by atoms with Crippen LogP contribution in [0, 0.1) is 11.3 Å². The van der Waals surface area contributed by atoms with Gasteiger partial charge in [-0.15, -0.1) is 11.3 Å². The van der Waals surface area contributed by atoms with Crippen molar-refractivity contribution in [3.05, 3.63) is 45.9 Å². The maximum atomic E-state index is 9.39. The van der Waals surface area contributed by atoms with Crippen LogP contribution in [-0.2, 0) is 0 Å². The number of anilines is 1. The fourth-order valence-electron chi connectivity index (χ4n) is 2.15. The Labute approximate surface area is 129 Å². The molecule has 0 spiro atoms. The molecule has 0 unspecified atom stereocenters. The third-order valence-corrected chi connectivity index (χ3v) is 4.48. The Bertz CT molecular complexity index is 700. The Hall–Kier alpha value is -2.12. The van der Waals surface area contributed by atoms with Crippen molar-refractivity contribution >= 4 is 28.7 Å². The van der Waals surface area contributed by atoms with Crippen molar-refractivity contribution in [1.29, 1.82) is 5.26 Å². The van der Waals surface area contributed by atoms with Crippen LogP contribution < -0.4 is 4.90 Å². The summed E-state index contributed by atoms with van der Waals surface area (Å²) < 4.78 is 0. The van der Waals surface area contributed by atoms with Crippen LogP contribution in [0.4, 0.5) is 5.69 Å². The molecule has 21 heavy (non-hydrogen) atoms. The SMILES string of the molecule is CN(C)c1ccc(/C=C(\C#N)c2nc(C3CC3)cs2)cc1. The van der Waals surface area contributed by atoms with E-state index in [0.29, 0.717) is 11.5 Å². The van der Waals surface area contributed by atoms with Crippen LogP contribution in [0.15, 0.2) is 29.6 Å². The second kappa shape index (κ2) is 5.71. The van der Waals surface area contributed by atoms with Gasteiger partial charge in [0.15, 0.2) is 0 Å². The Morgan fingerprint density at radius 2 is 2.05 bits per heavy atom. The highest BCUT2D eigenvalue weighted by Gasteiger charge is 2.26. The summed E-state index contributed by atoms with van der Waals surface area (Å²) in [6, 6.07) is 10.4. The first-order valence-corrected chi connectivity index (χ1v) is 7.90. The Morgan fingerprint density at radius 1 is 1.33 bits per heavy atom. The summed E-state index contributed by atoms with van der Waals surface area (Å²) in [5, 5.41) is 12.3. The summed E-state index contributed by atoms with van der Waals surface area (Å²) in [6.07, 6.45) is 4.39. The van der Waals surface area contributed by atoms with E-state index >= 15 is 0 Å². The molecule has 4 heteroatoms. The van der Waals surface area contributed by atoms with Gasteiger partial charge >= 0.3 is 0 Å². The third-order valence-electron chi connectivity index (χ3n) is 3.59. The topological polar surface area (TPSA) is 39.9 Å². The van der Waals surface area contributed by atoms with Gasteiger partial charge in [0.1, 0.15) is 11.1 Å². The van der Waals surface area contributed by atoms with Crippen molar-refractivity contribution in [3.8, 4) is 6.07 Å². The smallest absolute Gasteiger partial charge is 0.134 e. The lowest BCUT2D eigenvalue weighted by molar-refractivity contribution is 1.05. The first kappa shape index (κ1) is 13.8. The van der Waals surface area contributed by atoms with Crippen molar-refractivity contribution in [2.75, 3.05) is 19.0 Å². The monoisotopic (exact) mass is 295 g/mol. The fourth-order valence-corrected chi connectivity index (χ4v) is 3.02. The van der Waals surface area contributed by atoms with Crippen molar-refractivity contribution < 1.29 is 0 Å². The van der Waals surface area contributed by atoms with Gasteiger partial charge in [-0.25, -0.2) is 4.98 Å². The number of thiazole rings is 1. The lowest BCUT2D eigenvalue weighted by Crippen LogP contribution is -2.07. The normalized spacial score (nSPS) is 14.8. The molecule has 0 amide bonds. The molecule has 1 aromatic carbocycles. The molecular weight excluding hydrogens is 278 g/mol. The van der Waals surface area contributed by atoms with E-state index < -0.39 is 0 Å². The minimum Gasteiger partial charge on any atom is -0.378 e. The lowest BCUT2D eigenvalue weighted by Gasteiger charge is -2.11. The molecule has 1 aromatic heterocycles. The zero-order valence-corrected chi connectivity index (χ0v) is 13.0. The molecule has 3 rings (SSSR count). The average Bonchev–Trinajstić information content (AvgIpc) is 3.23. The number of hydrogen-bond acceptors (Lipinski definition) is 4. The molecule has 0 aliphatic heterocycles. The number of allylic oxidation sites excluding steroid dienone is 1. The maximum Gasteiger partial charge on any atom is 0.134 e. The van der Waals surface area contributed by atoms with E-state index in [2.05, 4.69) is 33.5 Å². The molecule has 0 atom stereocenters. The summed E-state index contributed by atoms with van der Waals surface area (Å²) in [6.45, 7) is 0. The summed E-state index contributed by atoms with van der Waals surface area (Å²) in [7, 11) is 4.03. The van der Waals surface area contributed by atoms with Gasteiger partial charge in [0, 0.05) is 31.1 Å². The summed E-state index contributed by atoms with van der Waals surface area (Å²) in [5.74, 6) is 0.634. The lowest BCUT2D eigenvalue weighted by atomic mass is 10.1. The molecule has 0 saturated heterocycles. The van der Waals surface area contributed by atoms with E-state index in [9.17, 15) is 5.26 Å². The predicted octanol–water partition coefficient (Wildman–Crippen LogP) is 4.15. The maximum absolute atomic E-state index is 9.39. The molecule has 3 nitrogen and oxygen atoms in total. The van der Waals surface area contributed by atoms with E-state index in [-0.39, 0.29) is 0 Å². The molecule has 0 N–H and O–H groups in total. The molecule has 2 aromatic rings. The second-order valence-electron chi connectivity index (χ2n) is 5.51. The first-order chi connectivity index (χ1) is 10.2. The van der Waals surface area contributed by atoms with Gasteiger partial charge in [0.05, 0.1) is 11.3 Å². The van der Waals surface area contributed by atoms with Crippen LogP contribution in [-0.4, -0.2) is 19.1 Å². The Morgan fingerprint density at radius 3 is 2.62 bits per heavy atom. The second-order valence-corrected chi connectivity index (χ2v) is 6.37. The minimum atomic E-state index is 0.634. The molecule has 0 radical (unpaired) electrons. The number of nitrogens with zero attached hydrogens (tertiary/aromatic N) is 3. The molecule has 1 heterocycles. The van der Waals surface area contributed by atoms with E-state index in [0.717, 1.165) is 22.0 Å². The van der Waals surface area contributed by atoms with Crippen LogP contribution in [0.1, 0.15) is 35.0 Å². The van der Waals surface area contributed by atoms with E-state index in [4.69, 9.17) is 0 Å². The molecule has 0 bridgehead atoms. The highest BCUT2D eigenvalue weighted by atomic mass is 32.1. The number of aromatic nitrogens is 1. The van der Waals surface area contributed by atoms with E-state index in [1.54, 1.807) is 11.3 Å². The molecular formula is C17H17N3S. The summed E-state index contributed by atoms with van der Waals surface area (Å²) in [4.78, 5) is 6.66. The minimum absolute atomic E-state index is 0.634. The van der Waals surface area contributed by atoms with Crippen molar-refractivity contribution in [2.24, 2.45) is 0 Å². The number of benzene rings is 1. The highest BCUT2D eigenvalue weighted by Crippen LogP contribution is 2.40. The van der Waals surface area contributed by atoms with E-state index in [1.807, 2.05) is 32.3 Å². The largest absolute Gasteiger partial charge is 0.378 e. The summed E-state index contributed by atoms with van der Waals surface area (Å²) in [5.41, 5.74) is 3.97. The molecule has 106 valence electrons. The van der Waals surface area contributed by atoms with Gasteiger partial charge in [0.2, 0.25) is 0 Å². The highest BCUT2D eigenvalue weighted by molar-refractivity contribution is 7.11. The third kappa shape index (κ3) is 3.14. The van der Waals surface area contributed by atoms with Crippen LogP contribution in [0.5, 0.6) is 0 Å². The van der Waals surface area contributed by atoms with Crippen molar-refractivity contribution in [3.63, 3.8) is 0 Å². The van der Waals surface area contributed by atoms with Crippen molar-refractivity contribution in [2.45, 2.75) is 18.8 Å². The Kier molecular flexibility index (Phi) is 3.76. The Balaban J connectivity index is 1.85. The zero-order valence-electron chi connectivity index (χ0n) is 12.2. The summed E-state index contributed by atoms with van der Waals surface area (Å²) >= 11 is 1.57. The van der Waals surface area contributed by atoms with Crippen LogP contribution in [0.3, 0.4) is 0 Å². The van der Waals surface area contributed by atoms with Crippen LogP contribution in [0.25, 0.3) is 11.6 Å². The van der Waals surface area contributed by atoms with Gasteiger partial charge in [-0.3, -0.25) is 0 Å². The van der Waals surface area contributed by atoms with Crippen LogP contribution in [0.2, 0.25) is 0 Å². The number of rotatable bonds is 4. The molecule has 1 saturated carbocycles. The fraction of sp³-hybridized carbons (Fsp3) is 0.294. The average molecular weight is 295 g/mol. The quantitative estimate of drug-likeness (QED) is 0.795. The first-order valence-electron chi connectivity index (χ1n) is 7.02. The van der Waals surface area contributed by atoms with Gasteiger partial charge in [-0.1, -0.05) is 12.1 Å². The van der Waals surface area contributed by atoms with Gasteiger partial charge in [-0.05, 0) is 36.6 Å². The molecule has 1 aliphatic carbocycles. The standard InChI is InChI=1S/C17H17N3S/c1-20(2)15-7-3-12(4-8-15)9-14(10-18)17-19-16(11-21-17)13-5-6-13/h3-4,7-9,11,13H,5-6H2,1-2H3/b14-9+. The zero-order chi connectivity index (χ0) is 14.8. The van der Waals surface area contributed by atoms with E-state index in [1.165, 1.54) is 12.8 Å². The number of hydrogen-bond donors (Lipinski definition) is 0.